The Morgan fingerprint density at radius 1 is 1.23 bits per heavy atom. The molecule has 0 saturated heterocycles. The lowest BCUT2D eigenvalue weighted by Crippen LogP contribution is -2.33. The number of rotatable bonds is 9. The number of sulfone groups is 1. The topological polar surface area (TPSA) is 81.3 Å². The minimum Gasteiger partial charge on any atom is -0.473 e. The third-order valence-electron chi connectivity index (χ3n) is 5.10. The summed E-state index contributed by atoms with van der Waals surface area (Å²) in [7, 11) is -4.01. The maximum atomic E-state index is 12.9. The summed E-state index contributed by atoms with van der Waals surface area (Å²) in [6.07, 6.45) is -2.62. The van der Waals surface area contributed by atoms with Gasteiger partial charge < -0.3 is 9.47 Å². The summed E-state index contributed by atoms with van der Waals surface area (Å²) in [5.41, 5.74) is -0.295. The number of aromatic amines is 1. The van der Waals surface area contributed by atoms with Crippen LogP contribution in [0, 0.1) is 0 Å². The largest absolute Gasteiger partial charge is 0.473 e. The summed E-state index contributed by atoms with van der Waals surface area (Å²) in [5, 5.41) is 6.90. The van der Waals surface area contributed by atoms with Crippen LogP contribution in [0.2, 0.25) is 0 Å². The maximum Gasteiger partial charge on any atom is 0.416 e. The fraction of sp³-hybridized carbons (Fsp3) is 0.550. The van der Waals surface area contributed by atoms with Gasteiger partial charge in [-0.2, -0.15) is 13.2 Å². The van der Waals surface area contributed by atoms with Crippen molar-refractivity contribution in [3.8, 4) is 5.88 Å². The van der Waals surface area contributed by atoms with Gasteiger partial charge in [-0.15, -0.1) is 5.10 Å². The van der Waals surface area contributed by atoms with Gasteiger partial charge in [-0.3, -0.25) is 5.10 Å². The van der Waals surface area contributed by atoms with Gasteiger partial charge in [-0.1, -0.05) is 6.07 Å². The molecule has 3 rings (SSSR count). The van der Waals surface area contributed by atoms with Crippen LogP contribution in [0.5, 0.6) is 5.88 Å². The Morgan fingerprint density at radius 2 is 1.93 bits per heavy atom. The highest BCUT2D eigenvalue weighted by molar-refractivity contribution is 7.92. The molecule has 10 heteroatoms. The number of nitrogens with zero attached hydrogens (tertiary/aromatic N) is 1. The third-order valence-corrected chi connectivity index (χ3v) is 7.63. The van der Waals surface area contributed by atoms with Crippen molar-refractivity contribution in [3.05, 3.63) is 41.6 Å². The summed E-state index contributed by atoms with van der Waals surface area (Å²) in [4.78, 5) is -0.356. The Labute approximate surface area is 173 Å². The van der Waals surface area contributed by atoms with Crippen LogP contribution in [0.3, 0.4) is 0 Å². The second kappa shape index (κ2) is 8.22. The van der Waals surface area contributed by atoms with E-state index in [9.17, 15) is 21.6 Å². The first-order valence-electron chi connectivity index (χ1n) is 9.65. The van der Waals surface area contributed by atoms with Crippen LogP contribution in [0.25, 0.3) is 0 Å². The van der Waals surface area contributed by atoms with Gasteiger partial charge in [0.1, 0.15) is 6.10 Å². The zero-order valence-electron chi connectivity index (χ0n) is 17.0. The molecule has 2 aromatic rings. The lowest BCUT2D eigenvalue weighted by Gasteiger charge is -2.26. The number of benzene rings is 1. The van der Waals surface area contributed by atoms with E-state index in [4.69, 9.17) is 9.47 Å². The number of hydrogen-bond donors (Lipinski definition) is 1. The molecular weight excluding hydrogens is 421 g/mol. The van der Waals surface area contributed by atoms with Gasteiger partial charge in [0, 0.05) is 12.7 Å². The Kier molecular flexibility index (Phi) is 6.20. The average molecular weight is 446 g/mol. The molecule has 30 heavy (non-hydrogen) atoms. The number of ether oxygens (including phenoxy) is 2. The molecule has 1 saturated carbocycles. The van der Waals surface area contributed by atoms with Crippen molar-refractivity contribution in [3.63, 3.8) is 0 Å². The van der Waals surface area contributed by atoms with E-state index in [0.717, 1.165) is 25.0 Å². The van der Waals surface area contributed by atoms with Crippen LogP contribution in [0.15, 0.2) is 35.2 Å². The van der Waals surface area contributed by atoms with Gasteiger partial charge >= 0.3 is 6.18 Å². The molecule has 1 aliphatic rings. The Morgan fingerprint density at radius 3 is 2.57 bits per heavy atom. The van der Waals surface area contributed by atoms with Crippen LogP contribution in [0.1, 0.15) is 57.4 Å². The number of alkyl halides is 3. The van der Waals surface area contributed by atoms with Gasteiger partial charge in [-0.05, 0) is 58.2 Å². The van der Waals surface area contributed by atoms with Gasteiger partial charge in [0.05, 0.1) is 27.0 Å². The Hall–Kier alpha value is -2.07. The van der Waals surface area contributed by atoms with E-state index in [1.807, 2.05) is 0 Å². The van der Waals surface area contributed by atoms with Crippen LogP contribution in [-0.2, 0) is 20.8 Å². The first-order chi connectivity index (χ1) is 13.9. The summed E-state index contributed by atoms with van der Waals surface area (Å²) >= 11 is 0. The lowest BCUT2D eigenvalue weighted by atomic mass is 10.1. The minimum absolute atomic E-state index is 0.101. The fourth-order valence-electron chi connectivity index (χ4n) is 2.81. The van der Waals surface area contributed by atoms with E-state index in [1.54, 1.807) is 13.0 Å². The van der Waals surface area contributed by atoms with Gasteiger partial charge in [-0.25, -0.2) is 8.42 Å². The molecule has 0 amide bonds. The van der Waals surface area contributed by atoms with Gasteiger partial charge in [0.2, 0.25) is 5.88 Å². The van der Waals surface area contributed by atoms with Crippen molar-refractivity contribution in [2.45, 2.75) is 68.1 Å². The molecule has 0 aliphatic heterocycles. The van der Waals surface area contributed by atoms with Crippen molar-refractivity contribution in [2.75, 3.05) is 6.61 Å². The normalized spacial score (nSPS) is 16.5. The minimum atomic E-state index is -4.61. The third kappa shape index (κ3) is 5.15. The Bertz CT molecular complexity index is 982. The van der Waals surface area contributed by atoms with Crippen LogP contribution < -0.4 is 4.74 Å². The summed E-state index contributed by atoms with van der Waals surface area (Å²) < 4.78 is 74.7. The monoisotopic (exact) mass is 446 g/mol. The molecule has 1 N–H and O–H groups in total. The highest BCUT2D eigenvalue weighted by atomic mass is 32.2. The first kappa shape index (κ1) is 22.6. The van der Waals surface area contributed by atoms with E-state index >= 15 is 0 Å². The quantitative estimate of drug-likeness (QED) is 0.604. The molecule has 0 bridgehead atoms. The zero-order chi connectivity index (χ0) is 22.2. The summed E-state index contributed by atoms with van der Waals surface area (Å²) in [6, 6.07) is 5.55. The van der Waals surface area contributed by atoms with Crippen molar-refractivity contribution in [1.82, 2.24) is 10.2 Å². The van der Waals surface area contributed by atoms with E-state index in [0.29, 0.717) is 17.6 Å². The molecule has 1 fully saturated rings. The second-order valence-corrected chi connectivity index (χ2v) is 10.6. The van der Waals surface area contributed by atoms with Gasteiger partial charge in [0.15, 0.2) is 9.84 Å². The molecule has 1 aromatic heterocycles. The molecule has 1 aliphatic carbocycles. The number of H-pyrrole nitrogens is 1. The number of halogens is 3. The number of nitrogens with one attached hydrogen (secondary N) is 1. The van der Waals surface area contributed by atoms with E-state index in [-0.39, 0.29) is 30.1 Å². The molecule has 166 valence electrons. The van der Waals surface area contributed by atoms with Crippen molar-refractivity contribution >= 4 is 9.84 Å². The van der Waals surface area contributed by atoms with Crippen molar-refractivity contribution < 1.29 is 31.1 Å². The molecule has 1 heterocycles. The van der Waals surface area contributed by atoms with E-state index in [2.05, 4.69) is 10.2 Å². The highest BCUT2D eigenvalue weighted by Crippen LogP contribution is 2.34. The van der Waals surface area contributed by atoms with Crippen molar-refractivity contribution in [1.29, 1.82) is 0 Å². The molecule has 1 aromatic carbocycles. The Balaban J connectivity index is 1.61. The highest BCUT2D eigenvalue weighted by Gasteiger charge is 2.38. The lowest BCUT2D eigenvalue weighted by molar-refractivity contribution is -0.137. The molecular formula is C20H25F3N2O4S. The second-order valence-electron chi connectivity index (χ2n) is 8.03. The van der Waals surface area contributed by atoms with Crippen molar-refractivity contribution in [2.24, 2.45) is 0 Å². The van der Waals surface area contributed by atoms with Crippen LogP contribution in [0.4, 0.5) is 13.2 Å². The zero-order valence-corrected chi connectivity index (χ0v) is 17.8. The number of aromatic nitrogens is 2. The average Bonchev–Trinajstić information content (AvgIpc) is 3.35. The van der Waals surface area contributed by atoms with Crippen LogP contribution >= 0.6 is 0 Å². The molecule has 0 radical (unpaired) electrons. The maximum absolute atomic E-state index is 12.9. The fourth-order valence-corrected chi connectivity index (χ4v) is 4.34. The molecule has 1 atom stereocenters. The van der Waals surface area contributed by atoms with Crippen LogP contribution in [-0.4, -0.2) is 36.1 Å². The molecule has 1 unspecified atom stereocenters. The predicted octanol–water partition coefficient (Wildman–Crippen LogP) is 4.69. The van der Waals surface area contributed by atoms with E-state index < -0.39 is 26.3 Å². The molecule has 6 nitrogen and oxygen atoms in total. The smallest absolute Gasteiger partial charge is 0.416 e. The first-order valence-corrected chi connectivity index (χ1v) is 11.1. The standard InChI is InChI=1S/C20H25F3N2O4S/c1-13(17-12-18(25-24-17)29-15-7-8-15)28-10-9-19(2,3)30(26,27)16-6-4-5-14(11-16)20(21,22)23/h4-6,11-13,15H,7-10H2,1-3H3,(H,24,25). The summed E-state index contributed by atoms with van der Waals surface area (Å²) in [5.74, 6) is 0.496. The summed E-state index contributed by atoms with van der Waals surface area (Å²) in [6.45, 7) is 4.86. The molecule has 0 spiro atoms. The number of hydrogen-bond acceptors (Lipinski definition) is 5. The van der Waals surface area contributed by atoms with Gasteiger partial charge in [0.25, 0.3) is 0 Å². The van der Waals surface area contributed by atoms with E-state index in [1.165, 1.54) is 19.9 Å². The SMILES string of the molecule is CC(OCCC(C)(C)S(=O)(=O)c1cccc(C(F)(F)F)c1)c1cc(OC2CC2)n[nH]1. The predicted molar refractivity (Wildman–Crippen MR) is 104 cm³/mol.